The number of phenols is 2. The number of aromatic hydroxyl groups is 2. The summed E-state index contributed by atoms with van der Waals surface area (Å²) in [5, 5.41) is 19.6. The van der Waals surface area contributed by atoms with Gasteiger partial charge in [-0.1, -0.05) is 32.0 Å². The molecule has 0 radical (unpaired) electrons. The monoisotopic (exact) mass is 322 g/mol. The highest BCUT2D eigenvalue weighted by Crippen LogP contribution is 2.56. The van der Waals surface area contributed by atoms with Gasteiger partial charge in [-0.3, -0.25) is 0 Å². The lowest BCUT2D eigenvalue weighted by Crippen LogP contribution is -2.36. The molecule has 1 saturated carbocycles. The van der Waals surface area contributed by atoms with Crippen molar-refractivity contribution in [2.75, 3.05) is 0 Å². The normalized spacial score (nSPS) is 28.0. The SMILES string of the molecule is CC1(C)CCC2c3cc(O)ccc3CC(c3ccc(O)cc3)C2C1. The summed E-state index contributed by atoms with van der Waals surface area (Å²) in [4.78, 5) is 0. The first-order valence-electron chi connectivity index (χ1n) is 9.04. The zero-order valence-corrected chi connectivity index (χ0v) is 14.5. The maximum atomic E-state index is 9.97. The molecule has 4 rings (SSSR count). The van der Waals surface area contributed by atoms with Crippen LogP contribution in [0.5, 0.6) is 11.5 Å². The van der Waals surface area contributed by atoms with E-state index in [4.69, 9.17) is 0 Å². The van der Waals surface area contributed by atoms with Crippen LogP contribution in [0.3, 0.4) is 0 Å². The maximum Gasteiger partial charge on any atom is 0.115 e. The van der Waals surface area contributed by atoms with Crippen LogP contribution in [-0.4, -0.2) is 10.2 Å². The maximum absolute atomic E-state index is 9.97. The van der Waals surface area contributed by atoms with E-state index < -0.39 is 0 Å². The average molecular weight is 322 g/mol. The van der Waals surface area contributed by atoms with Crippen LogP contribution in [0.15, 0.2) is 42.5 Å². The van der Waals surface area contributed by atoms with Crippen molar-refractivity contribution in [1.82, 2.24) is 0 Å². The Bertz CT molecular complexity index is 745. The van der Waals surface area contributed by atoms with Crippen LogP contribution < -0.4 is 0 Å². The van der Waals surface area contributed by atoms with E-state index >= 15 is 0 Å². The lowest BCUT2D eigenvalue weighted by molar-refractivity contribution is 0.126. The molecule has 0 bridgehead atoms. The first-order valence-corrected chi connectivity index (χ1v) is 9.04. The van der Waals surface area contributed by atoms with Crippen molar-refractivity contribution in [3.05, 3.63) is 59.2 Å². The number of phenolic OH excluding ortho intramolecular Hbond substituents is 2. The van der Waals surface area contributed by atoms with Crippen molar-refractivity contribution in [3.63, 3.8) is 0 Å². The van der Waals surface area contributed by atoms with Gasteiger partial charge in [0.15, 0.2) is 0 Å². The van der Waals surface area contributed by atoms with Crippen molar-refractivity contribution in [1.29, 1.82) is 0 Å². The zero-order valence-electron chi connectivity index (χ0n) is 14.5. The molecule has 2 N–H and O–H groups in total. The molecule has 0 aliphatic heterocycles. The molecule has 126 valence electrons. The fourth-order valence-electron chi connectivity index (χ4n) is 5.04. The Morgan fingerprint density at radius 3 is 2.38 bits per heavy atom. The van der Waals surface area contributed by atoms with Crippen LogP contribution in [0.1, 0.15) is 61.6 Å². The first kappa shape index (κ1) is 15.6. The average Bonchev–Trinajstić information content (AvgIpc) is 2.54. The molecular formula is C22H26O2. The van der Waals surface area contributed by atoms with E-state index in [1.165, 1.54) is 36.0 Å². The van der Waals surface area contributed by atoms with Gasteiger partial charge in [0.25, 0.3) is 0 Å². The predicted octanol–water partition coefficient (Wildman–Crippen LogP) is 5.35. The summed E-state index contributed by atoms with van der Waals surface area (Å²) in [5.74, 6) is 2.35. The van der Waals surface area contributed by atoms with Crippen LogP contribution in [0.4, 0.5) is 0 Å². The van der Waals surface area contributed by atoms with Gasteiger partial charge in [0, 0.05) is 0 Å². The Morgan fingerprint density at radius 1 is 0.917 bits per heavy atom. The van der Waals surface area contributed by atoms with Crippen LogP contribution >= 0.6 is 0 Å². The Balaban J connectivity index is 1.78. The number of rotatable bonds is 1. The van der Waals surface area contributed by atoms with Gasteiger partial charge in [0.1, 0.15) is 11.5 Å². The molecule has 0 aromatic heterocycles. The van der Waals surface area contributed by atoms with Crippen LogP contribution in [-0.2, 0) is 6.42 Å². The van der Waals surface area contributed by atoms with Crippen molar-refractivity contribution in [2.24, 2.45) is 11.3 Å². The third-order valence-corrected chi connectivity index (χ3v) is 6.24. The van der Waals surface area contributed by atoms with Crippen molar-refractivity contribution < 1.29 is 10.2 Å². The molecule has 2 nitrogen and oxygen atoms in total. The molecular weight excluding hydrogens is 296 g/mol. The fourth-order valence-corrected chi connectivity index (χ4v) is 5.04. The summed E-state index contributed by atoms with van der Waals surface area (Å²) in [6, 6.07) is 13.7. The summed E-state index contributed by atoms with van der Waals surface area (Å²) in [6.07, 6.45) is 4.68. The van der Waals surface area contributed by atoms with Gasteiger partial charge in [0.2, 0.25) is 0 Å². The summed E-state index contributed by atoms with van der Waals surface area (Å²) in [6.45, 7) is 4.77. The molecule has 0 amide bonds. The van der Waals surface area contributed by atoms with E-state index in [9.17, 15) is 10.2 Å². The second kappa shape index (κ2) is 5.54. The van der Waals surface area contributed by atoms with Crippen molar-refractivity contribution in [3.8, 4) is 11.5 Å². The second-order valence-corrected chi connectivity index (χ2v) is 8.46. The quantitative estimate of drug-likeness (QED) is 0.743. The third-order valence-electron chi connectivity index (χ3n) is 6.24. The Morgan fingerprint density at radius 2 is 1.62 bits per heavy atom. The van der Waals surface area contributed by atoms with Crippen LogP contribution in [0, 0.1) is 11.3 Å². The van der Waals surface area contributed by atoms with Gasteiger partial charge in [-0.25, -0.2) is 0 Å². The molecule has 3 atom stereocenters. The molecule has 0 spiro atoms. The number of hydrogen-bond donors (Lipinski definition) is 2. The highest BCUT2D eigenvalue weighted by molar-refractivity contribution is 5.43. The molecule has 2 heteroatoms. The summed E-state index contributed by atoms with van der Waals surface area (Å²) in [5.41, 5.74) is 4.46. The first-order chi connectivity index (χ1) is 11.4. The standard InChI is InChI=1S/C22H26O2/c1-22(2)10-9-18-20-12-17(24)8-5-15(20)11-19(21(18)13-22)14-3-6-16(23)7-4-14/h3-8,12,18-19,21,23-24H,9-11,13H2,1-2H3. The number of benzene rings is 2. The van der Waals surface area contributed by atoms with E-state index in [0.717, 1.165) is 6.42 Å². The van der Waals surface area contributed by atoms with Gasteiger partial charge in [0.05, 0.1) is 0 Å². The zero-order chi connectivity index (χ0) is 16.9. The fraction of sp³-hybridized carbons (Fsp3) is 0.455. The molecule has 0 saturated heterocycles. The summed E-state index contributed by atoms with van der Waals surface area (Å²) >= 11 is 0. The Hall–Kier alpha value is -1.96. The summed E-state index contributed by atoms with van der Waals surface area (Å²) in [7, 11) is 0. The third kappa shape index (κ3) is 2.68. The molecule has 0 heterocycles. The van der Waals surface area contributed by atoms with E-state index in [1.54, 1.807) is 0 Å². The van der Waals surface area contributed by atoms with Crippen LogP contribution in [0.25, 0.3) is 0 Å². The second-order valence-electron chi connectivity index (χ2n) is 8.46. The molecule has 2 aliphatic carbocycles. The number of fused-ring (bicyclic) bond motifs is 3. The van der Waals surface area contributed by atoms with E-state index in [-0.39, 0.29) is 0 Å². The topological polar surface area (TPSA) is 40.5 Å². The van der Waals surface area contributed by atoms with Crippen molar-refractivity contribution in [2.45, 2.75) is 51.4 Å². The lowest BCUT2D eigenvalue weighted by atomic mass is 9.56. The van der Waals surface area contributed by atoms with E-state index in [0.29, 0.717) is 34.7 Å². The molecule has 2 aliphatic rings. The van der Waals surface area contributed by atoms with Crippen LogP contribution in [0.2, 0.25) is 0 Å². The highest BCUT2D eigenvalue weighted by atomic mass is 16.3. The molecule has 24 heavy (non-hydrogen) atoms. The molecule has 2 aromatic rings. The van der Waals surface area contributed by atoms with Crippen molar-refractivity contribution >= 4 is 0 Å². The summed E-state index contributed by atoms with van der Waals surface area (Å²) < 4.78 is 0. The van der Waals surface area contributed by atoms with Gasteiger partial charge in [-0.15, -0.1) is 0 Å². The molecule has 2 aromatic carbocycles. The lowest BCUT2D eigenvalue weighted by Gasteiger charge is -2.48. The van der Waals surface area contributed by atoms with Gasteiger partial charge in [-0.2, -0.15) is 0 Å². The Kier molecular flexibility index (Phi) is 3.59. The number of hydrogen-bond acceptors (Lipinski definition) is 2. The van der Waals surface area contributed by atoms with E-state index in [1.807, 2.05) is 24.3 Å². The van der Waals surface area contributed by atoms with Gasteiger partial charge >= 0.3 is 0 Å². The molecule has 1 fully saturated rings. The minimum absolute atomic E-state index is 0.334. The van der Waals surface area contributed by atoms with E-state index in [2.05, 4.69) is 32.0 Å². The Labute approximate surface area is 144 Å². The minimum atomic E-state index is 0.334. The highest BCUT2D eigenvalue weighted by Gasteiger charge is 2.43. The van der Waals surface area contributed by atoms with Gasteiger partial charge < -0.3 is 10.2 Å². The largest absolute Gasteiger partial charge is 0.508 e. The predicted molar refractivity (Wildman–Crippen MR) is 96.5 cm³/mol. The minimum Gasteiger partial charge on any atom is -0.508 e. The van der Waals surface area contributed by atoms with Gasteiger partial charge in [-0.05, 0) is 89.8 Å². The molecule has 3 unspecified atom stereocenters. The smallest absolute Gasteiger partial charge is 0.115 e.